The van der Waals surface area contributed by atoms with Gasteiger partial charge in [-0.25, -0.2) is 4.79 Å². The molecule has 18 heavy (non-hydrogen) atoms. The second-order valence-electron chi connectivity index (χ2n) is 4.20. The first kappa shape index (κ1) is 12.8. The molecule has 0 spiro atoms. The summed E-state index contributed by atoms with van der Waals surface area (Å²) >= 11 is 3.33. The number of nitrogens with one attached hydrogen (secondary N) is 1. The minimum atomic E-state index is -0.986. The van der Waals surface area contributed by atoms with E-state index in [0.717, 1.165) is 10.0 Å². The van der Waals surface area contributed by atoms with E-state index in [1.54, 1.807) is 6.92 Å². The number of hydrogen-bond donors (Lipinski definition) is 2. The molecule has 0 aliphatic carbocycles. The first-order valence-electron chi connectivity index (χ1n) is 5.48. The Labute approximate surface area is 113 Å². The first-order chi connectivity index (χ1) is 8.49. The van der Waals surface area contributed by atoms with E-state index in [1.165, 1.54) is 0 Å². The number of carbonyl (C=O) groups excluding carboxylic acids is 1. The van der Waals surface area contributed by atoms with Gasteiger partial charge in [0.05, 0.1) is 5.57 Å². The molecule has 1 atom stereocenters. The number of rotatable bonds is 2. The Morgan fingerprint density at radius 1 is 1.39 bits per heavy atom. The SMILES string of the molecule is CC1=C(C(=O)O)[C@H](c2ccc(Br)cc2)CC(=O)N1. The molecule has 1 heterocycles. The fraction of sp³-hybridized carbons (Fsp3) is 0.231. The molecule has 94 valence electrons. The van der Waals surface area contributed by atoms with Crippen LogP contribution in [0, 0.1) is 0 Å². The minimum absolute atomic E-state index is 0.148. The lowest BCUT2D eigenvalue weighted by molar-refractivity contribution is -0.133. The van der Waals surface area contributed by atoms with E-state index in [2.05, 4.69) is 21.2 Å². The summed E-state index contributed by atoms with van der Waals surface area (Å²) in [5.41, 5.74) is 1.52. The monoisotopic (exact) mass is 309 g/mol. The number of carbonyl (C=O) groups is 2. The number of amides is 1. The van der Waals surface area contributed by atoms with Crippen LogP contribution in [0.4, 0.5) is 0 Å². The topological polar surface area (TPSA) is 66.4 Å². The van der Waals surface area contributed by atoms with Gasteiger partial charge < -0.3 is 10.4 Å². The summed E-state index contributed by atoms with van der Waals surface area (Å²) < 4.78 is 0.920. The van der Waals surface area contributed by atoms with Crippen molar-refractivity contribution in [2.75, 3.05) is 0 Å². The highest BCUT2D eigenvalue weighted by atomic mass is 79.9. The van der Waals surface area contributed by atoms with Crippen molar-refractivity contribution in [1.29, 1.82) is 0 Å². The van der Waals surface area contributed by atoms with Gasteiger partial charge in [0, 0.05) is 22.5 Å². The van der Waals surface area contributed by atoms with E-state index in [4.69, 9.17) is 0 Å². The van der Waals surface area contributed by atoms with E-state index in [-0.39, 0.29) is 23.8 Å². The summed E-state index contributed by atoms with van der Waals surface area (Å²) in [6, 6.07) is 7.36. The van der Waals surface area contributed by atoms with E-state index >= 15 is 0 Å². The molecule has 1 aromatic rings. The molecule has 1 aromatic carbocycles. The van der Waals surface area contributed by atoms with Crippen LogP contribution in [0.3, 0.4) is 0 Å². The second kappa shape index (κ2) is 4.94. The Bertz CT molecular complexity index is 534. The third kappa shape index (κ3) is 2.46. The van der Waals surface area contributed by atoms with Gasteiger partial charge in [0.15, 0.2) is 0 Å². The maximum Gasteiger partial charge on any atom is 0.333 e. The van der Waals surface area contributed by atoms with Crippen molar-refractivity contribution >= 4 is 27.8 Å². The van der Waals surface area contributed by atoms with Crippen LogP contribution < -0.4 is 5.32 Å². The summed E-state index contributed by atoms with van der Waals surface area (Å²) in [4.78, 5) is 22.8. The Balaban J connectivity index is 2.46. The van der Waals surface area contributed by atoms with Gasteiger partial charge in [-0.1, -0.05) is 28.1 Å². The molecule has 1 aliphatic heterocycles. The second-order valence-corrected chi connectivity index (χ2v) is 5.12. The highest BCUT2D eigenvalue weighted by Gasteiger charge is 2.31. The van der Waals surface area contributed by atoms with Crippen LogP contribution in [0.5, 0.6) is 0 Å². The van der Waals surface area contributed by atoms with Gasteiger partial charge in [-0.3, -0.25) is 4.79 Å². The number of hydrogen-bond acceptors (Lipinski definition) is 2. The average Bonchev–Trinajstić information content (AvgIpc) is 2.28. The van der Waals surface area contributed by atoms with Crippen molar-refractivity contribution in [3.8, 4) is 0 Å². The first-order valence-corrected chi connectivity index (χ1v) is 6.27. The number of benzene rings is 1. The van der Waals surface area contributed by atoms with Gasteiger partial charge in [-0.2, -0.15) is 0 Å². The van der Waals surface area contributed by atoms with Crippen LogP contribution in [0.25, 0.3) is 0 Å². The molecule has 4 nitrogen and oxygen atoms in total. The summed E-state index contributed by atoms with van der Waals surface area (Å²) in [7, 11) is 0. The largest absolute Gasteiger partial charge is 0.478 e. The summed E-state index contributed by atoms with van der Waals surface area (Å²) in [6.07, 6.45) is 0.167. The Kier molecular flexibility index (Phi) is 3.52. The van der Waals surface area contributed by atoms with Crippen LogP contribution in [-0.4, -0.2) is 17.0 Å². The Morgan fingerprint density at radius 2 is 2.00 bits per heavy atom. The maximum absolute atomic E-state index is 11.5. The lowest BCUT2D eigenvalue weighted by Crippen LogP contribution is -2.33. The van der Waals surface area contributed by atoms with Crippen molar-refractivity contribution in [3.05, 3.63) is 45.6 Å². The standard InChI is InChI=1S/C13H12BrNO3/c1-7-12(13(17)18)10(6-11(16)15-7)8-2-4-9(14)5-3-8/h2-5,10H,6H2,1H3,(H,15,16)(H,17,18)/t10-/m0/s1. The van der Waals surface area contributed by atoms with Crippen LogP contribution in [-0.2, 0) is 9.59 Å². The lowest BCUT2D eigenvalue weighted by atomic mass is 9.84. The third-order valence-corrected chi connectivity index (χ3v) is 3.50. The molecule has 0 saturated heterocycles. The van der Waals surface area contributed by atoms with E-state index in [9.17, 15) is 14.7 Å². The predicted molar refractivity (Wildman–Crippen MR) is 70.0 cm³/mol. The number of halogens is 1. The van der Waals surface area contributed by atoms with Gasteiger partial charge in [-0.05, 0) is 24.6 Å². The summed E-state index contributed by atoms with van der Waals surface area (Å²) in [5, 5.41) is 11.8. The zero-order valence-corrected chi connectivity index (χ0v) is 11.3. The number of carboxylic acids is 1. The molecule has 2 N–H and O–H groups in total. The van der Waals surface area contributed by atoms with Crippen molar-refractivity contribution < 1.29 is 14.7 Å². The van der Waals surface area contributed by atoms with Gasteiger partial charge in [0.2, 0.25) is 5.91 Å². The van der Waals surface area contributed by atoms with Gasteiger partial charge in [0.25, 0.3) is 0 Å². The molecule has 0 bridgehead atoms. The molecule has 2 rings (SSSR count). The molecule has 5 heteroatoms. The van der Waals surface area contributed by atoms with Crippen molar-refractivity contribution in [1.82, 2.24) is 5.32 Å². The summed E-state index contributed by atoms with van der Waals surface area (Å²) in [6.45, 7) is 1.62. The lowest BCUT2D eigenvalue weighted by Gasteiger charge is -2.25. The molecule has 0 fully saturated rings. The van der Waals surface area contributed by atoms with E-state index < -0.39 is 5.97 Å². The fourth-order valence-corrected chi connectivity index (χ4v) is 2.43. The van der Waals surface area contributed by atoms with Crippen molar-refractivity contribution in [2.45, 2.75) is 19.3 Å². The highest BCUT2D eigenvalue weighted by Crippen LogP contribution is 2.33. The van der Waals surface area contributed by atoms with Crippen LogP contribution in [0.1, 0.15) is 24.8 Å². The molecular weight excluding hydrogens is 298 g/mol. The van der Waals surface area contributed by atoms with E-state index in [0.29, 0.717) is 5.70 Å². The van der Waals surface area contributed by atoms with Crippen LogP contribution in [0.2, 0.25) is 0 Å². The van der Waals surface area contributed by atoms with Crippen LogP contribution >= 0.6 is 15.9 Å². The maximum atomic E-state index is 11.5. The smallest absolute Gasteiger partial charge is 0.333 e. The Hall–Kier alpha value is -1.62. The summed E-state index contributed by atoms with van der Waals surface area (Å²) in [5.74, 6) is -1.52. The highest BCUT2D eigenvalue weighted by molar-refractivity contribution is 9.10. The molecular formula is C13H12BrNO3. The normalized spacial score (nSPS) is 19.7. The Morgan fingerprint density at radius 3 is 2.56 bits per heavy atom. The zero-order chi connectivity index (χ0) is 13.3. The quantitative estimate of drug-likeness (QED) is 0.881. The number of carboxylic acid groups (broad SMARTS) is 1. The van der Waals surface area contributed by atoms with Crippen molar-refractivity contribution in [3.63, 3.8) is 0 Å². The van der Waals surface area contributed by atoms with Crippen LogP contribution in [0.15, 0.2) is 40.0 Å². The zero-order valence-electron chi connectivity index (χ0n) is 9.74. The van der Waals surface area contributed by atoms with Gasteiger partial charge >= 0.3 is 5.97 Å². The average molecular weight is 310 g/mol. The molecule has 1 amide bonds. The fourth-order valence-electron chi connectivity index (χ4n) is 2.17. The molecule has 0 aromatic heterocycles. The predicted octanol–water partition coefficient (Wildman–Crippen LogP) is 2.41. The van der Waals surface area contributed by atoms with Gasteiger partial charge in [0.1, 0.15) is 0 Å². The molecule has 0 unspecified atom stereocenters. The molecule has 1 aliphatic rings. The number of aliphatic carboxylic acids is 1. The number of allylic oxidation sites excluding steroid dienone is 1. The minimum Gasteiger partial charge on any atom is -0.478 e. The van der Waals surface area contributed by atoms with Crippen molar-refractivity contribution in [2.24, 2.45) is 0 Å². The molecule has 0 radical (unpaired) electrons. The third-order valence-electron chi connectivity index (χ3n) is 2.97. The molecule has 0 saturated carbocycles. The van der Waals surface area contributed by atoms with E-state index in [1.807, 2.05) is 24.3 Å². The van der Waals surface area contributed by atoms with Gasteiger partial charge in [-0.15, -0.1) is 0 Å².